The van der Waals surface area contributed by atoms with Crippen molar-refractivity contribution >= 4 is 28.5 Å². The lowest BCUT2D eigenvalue weighted by Crippen LogP contribution is -2.35. The first-order chi connectivity index (χ1) is 14.6. The standard InChI is InChI=1S/C16H19N3O3.C7H8O/c1-2-22-16(21)14-9-10-8-11(5-6-12(10)19-14)18-15(20)13-4-3-7-17-13;1-8-7-5-3-2-4-6-7/h5-6,8-9,13,17,19H,2-4,7H2,1H3,(H,18,20);2-6H,1H3. The maximum Gasteiger partial charge on any atom is 0.354 e. The number of anilines is 1. The number of para-hydroxylation sites is 1. The third kappa shape index (κ3) is 5.61. The summed E-state index contributed by atoms with van der Waals surface area (Å²) in [5.41, 5.74) is 1.97. The molecule has 0 saturated carbocycles. The highest BCUT2D eigenvalue weighted by atomic mass is 16.5. The molecule has 1 saturated heterocycles. The van der Waals surface area contributed by atoms with E-state index in [9.17, 15) is 9.59 Å². The van der Waals surface area contributed by atoms with E-state index in [1.807, 2.05) is 48.5 Å². The molecule has 1 fully saturated rings. The molecule has 0 radical (unpaired) electrons. The summed E-state index contributed by atoms with van der Waals surface area (Å²) < 4.78 is 9.89. The lowest BCUT2D eigenvalue weighted by Gasteiger charge is -2.11. The Balaban J connectivity index is 0.000000269. The lowest BCUT2D eigenvalue weighted by molar-refractivity contribution is -0.117. The van der Waals surface area contributed by atoms with Gasteiger partial charge in [-0.1, -0.05) is 18.2 Å². The van der Waals surface area contributed by atoms with Gasteiger partial charge in [0.05, 0.1) is 19.8 Å². The van der Waals surface area contributed by atoms with Gasteiger partial charge in [0.25, 0.3) is 0 Å². The Morgan fingerprint density at radius 3 is 2.57 bits per heavy atom. The predicted octanol–water partition coefficient (Wildman–Crippen LogP) is 3.73. The number of benzene rings is 2. The fourth-order valence-electron chi connectivity index (χ4n) is 3.22. The first-order valence-electron chi connectivity index (χ1n) is 10.0. The van der Waals surface area contributed by atoms with Crippen LogP contribution in [-0.2, 0) is 9.53 Å². The van der Waals surface area contributed by atoms with E-state index in [0.717, 1.165) is 41.7 Å². The third-order valence-corrected chi connectivity index (χ3v) is 4.74. The number of H-pyrrole nitrogens is 1. The van der Waals surface area contributed by atoms with E-state index in [4.69, 9.17) is 9.47 Å². The molecule has 1 atom stereocenters. The molecule has 3 N–H and O–H groups in total. The lowest BCUT2D eigenvalue weighted by atomic mass is 10.2. The Labute approximate surface area is 175 Å². The maximum atomic E-state index is 12.1. The Bertz CT molecular complexity index is 979. The Morgan fingerprint density at radius 1 is 1.13 bits per heavy atom. The van der Waals surface area contributed by atoms with Crippen LogP contribution in [0.15, 0.2) is 54.6 Å². The number of aromatic amines is 1. The molecule has 2 heterocycles. The molecule has 0 aliphatic carbocycles. The molecule has 30 heavy (non-hydrogen) atoms. The van der Waals surface area contributed by atoms with Crippen molar-refractivity contribution in [1.29, 1.82) is 0 Å². The first-order valence-corrected chi connectivity index (χ1v) is 10.0. The van der Waals surface area contributed by atoms with Gasteiger partial charge in [0.2, 0.25) is 5.91 Å². The predicted molar refractivity (Wildman–Crippen MR) is 117 cm³/mol. The van der Waals surface area contributed by atoms with E-state index < -0.39 is 0 Å². The molecule has 7 heteroatoms. The topological polar surface area (TPSA) is 92.5 Å². The minimum atomic E-state index is -0.376. The van der Waals surface area contributed by atoms with Crippen LogP contribution in [0.4, 0.5) is 5.69 Å². The van der Waals surface area contributed by atoms with Gasteiger partial charge in [-0.05, 0) is 62.7 Å². The SMILES string of the molecule is CCOC(=O)c1cc2cc(NC(=O)C3CCCN3)ccc2[nH]1.COc1ccccc1. The average molecular weight is 409 g/mol. The van der Waals surface area contributed by atoms with E-state index in [1.54, 1.807) is 20.1 Å². The van der Waals surface area contributed by atoms with Gasteiger partial charge in [0.1, 0.15) is 11.4 Å². The highest BCUT2D eigenvalue weighted by Crippen LogP contribution is 2.21. The van der Waals surface area contributed by atoms with E-state index in [0.29, 0.717) is 12.3 Å². The molecule has 158 valence electrons. The zero-order chi connectivity index (χ0) is 21.3. The number of amides is 1. The minimum absolute atomic E-state index is 0.0157. The summed E-state index contributed by atoms with van der Waals surface area (Å²) >= 11 is 0. The van der Waals surface area contributed by atoms with Gasteiger partial charge in [-0.25, -0.2) is 4.79 Å². The number of esters is 1. The van der Waals surface area contributed by atoms with Gasteiger partial charge in [0.15, 0.2) is 0 Å². The van der Waals surface area contributed by atoms with Crippen LogP contribution in [0.1, 0.15) is 30.3 Å². The normalized spacial score (nSPS) is 15.2. The second kappa shape index (κ2) is 10.5. The van der Waals surface area contributed by atoms with Gasteiger partial charge >= 0.3 is 5.97 Å². The highest BCUT2D eigenvalue weighted by Gasteiger charge is 2.22. The Morgan fingerprint density at radius 2 is 1.93 bits per heavy atom. The average Bonchev–Trinajstić information content (AvgIpc) is 3.45. The summed E-state index contributed by atoms with van der Waals surface area (Å²) in [6.07, 6.45) is 1.89. The minimum Gasteiger partial charge on any atom is -0.497 e. The van der Waals surface area contributed by atoms with Crippen molar-refractivity contribution in [1.82, 2.24) is 10.3 Å². The van der Waals surface area contributed by atoms with Crippen LogP contribution in [-0.4, -0.2) is 43.2 Å². The molecule has 3 aromatic rings. The van der Waals surface area contributed by atoms with Crippen LogP contribution >= 0.6 is 0 Å². The summed E-state index contributed by atoms with van der Waals surface area (Å²) in [5, 5.41) is 6.94. The molecular weight excluding hydrogens is 382 g/mol. The van der Waals surface area contributed by atoms with Crippen molar-refractivity contribution in [3.05, 3.63) is 60.3 Å². The summed E-state index contributed by atoms with van der Waals surface area (Å²) in [7, 11) is 1.66. The third-order valence-electron chi connectivity index (χ3n) is 4.74. The number of fused-ring (bicyclic) bond motifs is 1. The fourth-order valence-corrected chi connectivity index (χ4v) is 3.22. The fraction of sp³-hybridized carbons (Fsp3) is 0.304. The molecule has 0 spiro atoms. The van der Waals surface area contributed by atoms with Crippen LogP contribution in [0.3, 0.4) is 0 Å². The first kappa shape index (κ1) is 21.4. The molecule has 4 rings (SSSR count). The number of methoxy groups -OCH3 is 1. The molecule has 1 aliphatic rings. The Hall–Kier alpha value is -3.32. The number of ether oxygens (including phenoxy) is 2. The van der Waals surface area contributed by atoms with Gasteiger partial charge in [0, 0.05) is 16.6 Å². The van der Waals surface area contributed by atoms with Crippen LogP contribution in [0.25, 0.3) is 10.9 Å². The van der Waals surface area contributed by atoms with Gasteiger partial charge < -0.3 is 25.1 Å². The van der Waals surface area contributed by atoms with Crippen molar-refractivity contribution in [2.24, 2.45) is 0 Å². The van der Waals surface area contributed by atoms with Gasteiger partial charge in [-0.15, -0.1) is 0 Å². The molecule has 1 unspecified atom stereocenters. The zero-order valence-electron chi connectivity index (χ0n) is 17.2. The van der Waals surface area contributed by atoms with Gasteiger partial charge in [-0.2, -0.15) is 0 Å². The number of rotatable bonds is 5. The van der Waals surface area contributed by atoms with Crippen LogP contribution in [0.2, 0.25) is 0 Å². The monoisotopic (exact) mass is 409 g/mol. The van der Waals surface area contributed by atoms with E-state index in [2.05, 4.69) is 15.6 Å². The zero-order valence-corrected chi connectivity index (χ0v) is 17.2. The second-order valence-corrected chi connectivity index (χ2v) is 6.86. The summed E-state index contributed by atoms with van der Waals surface area (Å²) in [4.78, 5) is 26.8. The Kier molecular flexibility index (Phi) is 7.45. The summed E-state index contributed by atoms with van der Waals surface area (Å²) in [6, 6.07) is 16.8. The van der Waals surface area contributed by atoms with E-state index in [1.165, 1.54) is 0 Å². The summed E-state index contributed by atoms with van der Waals surface area (Å²) in [6.45, 7) is 2.99. The molecule has 1 amide bonds. The molecule has 1 aliphatic heterocycles. The largest absolute Gasteiger partial charge is 0.497 e. The number of hydrogen-bond donors (Lipinski definition) is 3. The van der Waals surface area contributed by atoms with Crippen molar-refractivity contribution in [3.63, 3.8) is 0 Å². The van der Waals surface area contributed by atoms with Gasteiger partial charge in [-0.3, -0.25) is 4.79 Å². The van der Waals surface area contributed by atoms with Crippen LogP contribution in [0, 0.1) is 0 Å². The number of aromatic nitrogens is 1. The molecule has 1 aromatic heterocycles. The molecular formula is C23H27N3O4. The molecule has 7 nitrogen and oxygen atoms in total. The van der Waals surface area contributed by atoms with Crippen molar-refractivity contribution < 1.29 is 19.1 Å². The molecule has 2 aromatic carbocycles. The van der Waals surface area contributed by atoms with Crippen molar-refractivity contribution in [2.45, 2.75) is 25.8 Å². The summed E-state index contributed by atoms with van der Waals surface area (Å²) in [5.74, 6) is 0.518. The number of carbonyl (C=O) groups is 2. The van der Waals surface area contributed by atoms with Crippen molar-refractivity contribution in [3.8, 4) is 5.75 Å². The van der Waals surface area contributed by atoms with Crippen LogP contribution < -0.4 is 15.4 Å². The number of hydrogen-bond acceptors (Lipinski definition) is 5. The number of carbonyl (C=O) groups excluding carboxylic acids is 2. The van der Waals surface area contributed by atoms with Crippen LogP contribution in [0.5, 0.6) is 5.75 Å². The van der Waals surface area contributed by atoms with E-state index >= 15 is 0 Å². The van der Waals surface area contributed by atoms with Crippen molar-refractivity contribution in [2.75, 3.05) is 25.6 Å². The number of nitrogens with one attached hydrogen (secondary N) is 3. The highest BCUT2D eigenvalue weighted by molar-refractivity contribution is 5.99. The second-order valence-electron chi connectivity index (χ2n) is 6.86. The van der Waals surface area contributed by atoms with E-state index in [-0.39, 0.29) is 17.9 Å². The maximum absolute atomic E-state index is 12.1. The molecule has 0 bridgehead atoms. The quantitative estimate of drug-likeness (QED) is 0.559. The smallest absolute Gasteiger partial charge is 0.354 e.